The molecule has 0 aliphatic heterocycles. The molecule has 0 unspecified atom stereocenters. The number of rotatable bonds is 8. The highest BCUT2D eigenvalue weighted by Crippen LogP contribution is 2.30. The zero-order valence-corrected chi connectivity index (χ0v) is 21.6. The van der Waals surface area contributed by atoms with Crippen LogP contribution in [0.1, 0.15) is 18.1 Å². The third-order valence-electron chi connectivity index (χ3n) is 5.08. The van der Waals surface area contributed by atoms with Crippen LogP contribution in [-0.2, 0) is 4.79 Å². The first kappa shape index (κ1) is 24.0. The number of anilines is 1. The van der Waals surface area contributed by atoms with Gasteiger partial charge in [-0.25, -0.2) is 0 Å². The largest absolute Gasteiger partial charge is 0.494 e. The lowest BCUT2D eigenvalue weighted by Gasteiger charge is -2.12. The fraction of sp³-hybridized carbons (Fsp3) is 0.192. The van der Waals surface area contributed by atoms with E-state index in [2.05, 4.69) is 31.4 Å². The lowest BCUT2D eigenvalue weighted by Crippen LogP contribution is -2.15. The molecular formula is C26H25BrN4O2S. The van der Waals surface area contributed by atoms with E-state index in [1.165, 1.54) is 17.3 Å². The normalized spacial score (nSPS) is 10.8. The molecule has 1 amide bonds. The molecule has 4 aromatic rings. The maximum Gasteiger partial charge on any atom is 0.234 e. The number of amides is 1. The van der Waals surface area contributed by atoms with E-state index in [1.807, 2.05) is 92.1 Å². The van der Waals surface area contributed by atoms with E-state index in [0.29, 0.717) is 17.6 Å². The second-order valence-corrected chi connectivity index (χ2v) is 9.55. The van der Waals surface area contributed by atoms with Gasteiger partial charge in [-0.05, 0) is 78.7 Å². The van der Waals surface area contributed by atoms with Crippen molar-refractivity contribution >= 4 is 39.3 Å². The minimum atomic E-state index is -0.118. The number of carbonyl (C=O) groups is 1. The standard InChI is InChI=1S/C26H25BrN4O2S/c1-4-33-21-12-10-20(11-13-21)31-25(19-8-5-17(2)6-9-19)29-30-26(31)34-16-24(32)28-23-14-7-18(3)15-22(23)27/h5-15H,4,16H2,1-3H3,(H,28,32). The Morgan fingerprint density at radius 1 is 1.00 bits per heavy atom. The van der Waals surface area contributed by atoms with Crippen molar-refractivity contribution in [2.45, 2.75) is 25.9 Å². The molecule has 0 saturated heterocycles. The van der Waals surface area contributed by atoms with E-state index < -0.39 is 0 Å². The summed E-state index contributed by atoms with van der Waals surface area (Å²) < 4.78 is 8.41. The molecule has 34 heavy (non-hydrogen) atoms. The number of aromatic nitrogens is 3. The fourth-order valence-electron chi connectivity index (χ4n) is 3.38. The van der Waals surface area contributed by atoms with Crippen LogP contribution in [0.5, 0.6) is 5.75 Å². The maximum absolute atomic E-state index is 12.7. The van der Waals surface area contributed by atoms with Crippen molar-refractivity contribution in [3.05, 3.63) is 82.3 Å². The van der Waals surface area contributed by atoms with Gasteiger partial charge in [-0.1, -0.05) is 47.7 Å². The average Bonchev–Trinajstić information content (AvgIpc) is 3.25. The van der Waals surface area contributed by atoms with Crippen molar-refractivity contribution in [1.82, 2.24) is 14.8 Å². The summed E-state index contributed by atoms with van der Waals surface area (Å²) in [5, 5.41) is 12.5. The van der Waals surface area contributed by atoms with Crippen molar-refractivity contribution in [1.29, 1.82) is 0 Å². The van der Waals surface area contributed by atoms with Crippen LogP contribution in [0.2, 0.25) is 0 Å². The number of carbonyl (C=O) groups excluding carboxylic acids is 1. The molecule has 0 aliphatic rings. The van der Waals surface area contributed by atoms with Gasteiger partial charge in [0.2, 0.25) is 5.91 Å². The number of hydrogen-bond acceptors (Lipinski definition) is 5. The number of halogens is 1. The van der Waals surface area contributed by atoms with Gasteiger partial charge >= 0.3 is 0 Å². The van der Waals surface area contributed by atoms with Gasteiger partial charge in [0.1, 0.15) is 5.75 Å². The molecule has 1 heterocycles. The summed E-state index contributed by atoms with van der Waals surface area (Å²) in [5.41, 5.74) is 4.88. The van der Waals surface area contributed by atoms with E-state index in [1.54, 1.807) is 0 Å². The second-order valence-electron chi connectivity index (χ2n) is 7.75. The summed E-state index contributed by atoms with van der Waals surface area (Å²) in [7, 11) is 0. The topological polar surface area (TPSA) is 69.0 Å². The van der Waals surface area contributed by atoms with E-state index in [0.717, 1.165) is 32.7 Å². The summed E-state index contributed by atoms with van der Waals surface area (Å²) in [6.45, 7) is 6.62. The molecule has 1 aromatic heterocycles. The Labute approximate surface area is 211 Å². The van der Waals surface area contributed by atoms with Gasteiger partial charge in [-0.2, -0.15) is 0 Å². The van der Waals surface area contributed by atoms with Gasteiger partial charge in [0, 0.05) is 15.7 Å². The summed E-state index contributed by atoms with van der Waals surface area (Å²) >= 11 is 4.85. The van der Waals surface area contributed by atoms with Gasteiger partial charge in [0.05, 0.1) is 18.0 Å². The molecule has 0 atom stereocenters. The van der Waals surface area contributed by atoms with E-state index in [9.17, 15) is 4.79 Å². The molecular weight excluding hydrogens is 512 g/mol. The highest BCUT2D eigenvalue weighted by atomic mass is 79.9. The molecule has 3 aromatic carbocycles. The van der Waals surface area contributed by atoms with E-state index in [4.69, 9.17) is 4.74 Å². The lowest BCUT2D eigenvalue weighted by atomic mass is 10.1. The Morgan fingerprint density at radius 3 is 2.38 bits per heavy atom. The van der Waals surface area contributed by atoms with Crippen LogP contribution in [0.4, 0.5) is 5.69 Å². The molecule has 0 radical (unpaired) electrons. The zero-order valence-electron chi connectivity index (χ0n) is 19.2. The van der Waals surface area contributed by atoms with E-state index in [-0.39, 0.29) is 11.7 Å². The number of benzene rings is 3. The van der Waals surface area contributed by atoms with Gasteiger partial charge in [-0.15, -0.1) is 10.2 Å². The molecule has 0 bridgehead atoms. The number of nitrogens with zero attached hydrogens (tertiary/aromatic N) is 3. The van der Waals surface area contributed by atoms with Crippen LogP contribution in [0.25, 0.3) is 17.1 Å². The smallest absolute Gasteiger partial charge is 0.234 e. The number of hydrogen-bond donors (Lipinski definition) is 1. The van der Waals surface area contributed by atoms with Crippen LogP contribution in [0.3, 0.4) is 0 Å². The minimum absolute atomic E-state index is 0.118. The van der Waals surface area contributed by atoms with Crippen LogP contribution >= 0.6 is 27.7 Å². The zero-order chi connectivity index (χ0) is 24.1. The third kappa shape index (κ3) is 5.69. The molecule has 0 aliphatic carbocycles. The van der Waals surface area contributed by atoms with Crippen LogP contribution in [-0.4, -0.2) is 33.0 Å². The van der Waals surface area contributed by atoms with Crippen molar-refractivity contribution in [3.63, 3.8) is 0 Å². The monoisotopic (exact) mass is 536 g/mol. The molecule has 4 rings (SSSR count). The molecule has 0 fully saturated rings. The Balaban J connectivity index is 1.60. The highest BCUT2D eigenvalue weighted by molar-refractivity contribution is 9.10. The van der Waals surface area contributed by atoms with Crippen LogP contribution in [0.15, 0.2) is 76.4 Å². The predicted octanol–water partition coefficient (Wildman–Crippen LogP) is 6.44. The quantitative estimate of drug-likeness (QED) is 0.262. The number of ether oxygens (including phenoxy) is 1. The maximum atomic E-state index is 12.7. The minimum Gasteiger partial charge on any atom is -0.494 e. The first-order valence-electron chi connectivity index (χ1n) is 10.9. The van der Waals surface area contributed by atoms with Crippen LogP contribution in [0, 0.1) is 13.8 Å². The Hall–Kier alpha value is -3.10. The molecule has 8 heteroatoms. The molecule has 0 saturated carbocycles. The van der Waals surface area contributed by atoms with E-state index >= 15 is 0 Å². The Kier molecular flexibility index (Phi) is 7.70. The third-order valence-corrected chi connectivity index (χ3v) is 6.67. The first-order chi connectivity index (χ1) is 16.4. The van der Waals surface area contributed by atoms with Gasteiger partial charge in [-0.3, -0.25) is 9.36 Å². The summed E-state index contributed by atoms with van der Waals surface area (Å²) in [6, 6.07) is 21.8. The highest BCUT2D eigenvalue weighted by Gasteiger charge is 2.18. The fourth-order valence-corrected chi connectivity index (χ4v) is 4.73. The number of aryl methyl sites for hydroxylation is 2. The predicted molar refractivity (Wildman–Crippen MR) is 141 cm³/mol. The SMILES string of the molecule is CCOc1ccc(-n2c(SCC(=O)Nc3ccc(C)cc3Br)nnc2-c2ccc(C)cc2)cc1. The molecule has 174 valence electrons. The summed E-state index contributed by atoms with van der Waals surface area (Å²) in [5.74, 6) is 1.60. The number of thioether (sulfide) groups is 1. The van der Waals surface area contributed by atoms with Gasteiger partial charge in [0.15, 0.2) is 11.0 Å². The lowest BCUT2D eigenvalue weighted by molar-refractivity contribution is -0.113. The Bertz CT molecular complexity index is 1290. The van der Waals surface area contributed by atoms with Crippen molar-refractivity contribution in [2.24, 2.45) is 0 Å². The van der Waals surface area contributed by atoms with Crippen molar-refractivity contribution in [2.75, 3.05) is 17.7 Å². The first-order valence-corrected chi connectivity index (χ1v) is 12.7. The summed E-state index contributed by atoms with van der Waals surface area (Å²) in [4.78, 5) is 12.7. The number of nitrogens with one attached hydrogen (secondary N) is 1. The van der Waals surface area contributed by atoms with Gasteiger partial charge < -0.3 is 10.1 Å². The molecule has 6 nitrogen and oxygen atoms in total. The van der Waals surface area contributed by atoms with Gasteiger partial charge in [0.25, 0.3) is 0 Å². The molecule has 0 spiro atoms. The second kappa shape index (κ2) is 10.9. The van der Waals surface area contributed by atoms with Crippen molar-refractivity contribution < 1.29 is 9.53 Å². The molecule has 1 N–H and O–H groups in total. The average molecular weight is 537 g/mol. The summed E-state index contributed by atoms with van der Waals surface area (Å²) in [6.07, 6.45) is 0. The van der Waals surface area contributed by atoms with Crippen molar-refractivity contribution in [3.8, 4) is 22.8 Å². The van der Waals surface area contributed by atoms with Crippen LogP contribution < -0.4 is 10.1 Å². The Morgan fingerprint density at radius 2 is 1.71 bits per heavy atom.